The lowest BCUT2D eigenvalue weighted by Crippen LogP contribution is -2.10. The first-order chi connectivity index (χ1) is 13.2. The van der Waals surface area contributed by atoms with E-state index >= 15 is 0 Å². The molecule has 2 aromatic carbocycles. The lowest BCUT2D eigenvalue weighted by atomic mass is 10.0. The second-order valence-electron chi connectivity index (χ2n) is 6.10. The summed E-state index contributed by atoms with van der Waals surface area (Å²) in [4.78, 5) is 12.8. The molecule has 1 amide bonds. The second kappa shape index (κ2) is 7.38. The second-order valence-corrected chi connectivity index (χ2v) is 7.02. The zero-order valence-electron chi connectivity index (χ0n) is 14.3. The van der Waals surface area contributed by atoms with Crippen LogP contribution in [0.3, 0.4) is 0 Å². The van der Waals surface area contributed by atoms with Crippen LogP contribution in [0.5, 0.6) is 0 Å². The van der Waals surface area contributed by atoms with E-state index in [1.807, 2.05) is 48.5 Å². The van der Waals surface area contributed by atoms with Gasteiger partial charge < -0.3 is 15.7 Å². The molecule has 0 spiro atoms. The molecule has 1 aromatic heterocycles. The van der Waals surface area contributed by atoms with Crippen molar-refractivity contribution < 1.29 is 9.90 Å². The first-order valence-corrected chi connectivity index (χ1v) is 9.26. The van der Waals surface area contributed by atoms with E-state index in [1.165, 1.54) is 0 Å². The van der Waals surface area contributed by atoms with Gasteiger partial charge in [-0.1, -0.05) is 46.3 Å². The first kappa shape index (κ1) is 17.5. The number of benzene rings is 2. The largest absolute Gasteiger partial charge is 0.394 e. The smallest absolute Gasteiger partial charge is 0.258 e. The van der Waals surface area contributed by atoms with Crippen molar-refractivity contribution in [1.29, 1.82) is 0 Å². The van der Waals surface area contributed by atoms with Gasteiger partial charge in [0.2, 0.25) is 0 Å². The number of carbonyl (C=O) groups is 1. The molecule has 1 aliphatic heterocycles. The molecule has 0 aliphatic carbocycles. The summed E-state index contributed by atoms with van der Waals surface area (Å²) in [5.74, 6) is -0.155. The van der Waals surface area contributed by atoms with E-state index in [0.29, 0.717) is 17.8 Å². The molecule has 136 valence electrons. The fourth-order valence-corrected chi connectivity index (χ4v) is 3.43. The van der Waals surface area contributed by atoms with Crippen LogP contribution < -0.4 is 10.6 Å². The van der Waals surface area contributed by atoms with Crippen LogP contribution in [0.2, 0.25) is 0 Å². The third-order valence-corrected chi connectivity index (χ3v) is 4.76. The summed E-state index contributed by atoms with van der Waals surface area (Å²) in [5, 5.41) is 19.6. The van der Waals surface area contributed by atoms with Crippen molar-refractivity contribution in [2.45, 2.75) is 6.54 Å². The van der Waals surface area contributed by atoms with Crippen LogP contribution in [0.25, 0.3) is 11.3 Å². The molecule has 1 aliphatic rings. The Hall–Kier alpha value is -2.90. The molecule has 2 heterocycles. The number of aliphatic hydroxyl groups is 1. The average molecular weight is 425 g/mol. The third kappa shape index (κ3) is 3.51. The van der Waals surface area contributed by atoms with Gasteiger partial charge in [-0.05, 0) is 23.8 Å². The monoisotopic (exact) mass is 424 g/mol. The fourth-order valence-electron chi connectivity index (χ4n) is 3.07. The lowest BCUT2D eigenvalue weighted by Gasteiger charge is -2.13. The number of anilines is 2. The Morgan fingerprint density at radius 1 is 1.22 bits per heavy atom. The number of aliphatic hydroxyl groups excluding tert-OH is 1. The highest BCUT2D eigenvalue weighted by atomic mass is 79.9. The number of carbonyl (C=O) groups excluding carboxylic acids is 1. The molecule has 3 N–H and O–H groups in total. The predicted octanol–water partition coefficient (Wildman–Crippen LogP) is 3.57. The maximum Gasteiger partial charge on any atom is 0.258 e. The maximum absolute atomic E-state index is 12.8. The molecule has 4 rings (SSSR count). The molecule has 0 saturated carbocycles. The molecule has 3 aromatic rings. The molecular weight excluding hydrogens is 408 g/mol. The van der Waals surface area contributed by atoms with Gasteiger partial charge in [0.1, 0.15) is 0 Å². The summed E-state index contributed by atoms with van der Waals surface area (Å²) < 4.78 is 2.55. The van der Waals surface area contributed by atoms with Crippen LogP contribution in [-0.4, -0.2) is 27.4 Å². The Balaban J connectivity index is 1.85. The molecule has 0 saturated heterocycles. The van der Waals surface area contributed by atoms with E-state index in [4.69, 9.17) is 5.11 Å². The number of nitrogens with one attached hydrogen (secondary N) is 2. The molecule has 7 heteroatoms. The number of hydrogen-bond acceptors (Lipinski definition) is 4. The van der Waals surface area contributed by atoms with Gasteiger partial charge in [0.25, 0.3) is 5.91 Å². The number of aromatic nitrogens is 2. The quantitative estimate of drug-likeness (QED) is 0.547. The lowest BCUT2D eigenvalue weighted by molar-refractivity contribution is -0.110. The van der Waals surface area contributed by atoms with Gasteiger partial charge in [-0.15, -0.1) is 0 Å². The Morgan fingerprint density at radius 2 is 2.04 bits per heavy atom. The summed E-state index contributed by atoms with van der Waals surface area (Å²) in [6.45, 7) is 0.423. The molecule has 0 unspecified atom stereocenters. The number of hydrogen-bond donors (Lipinski definition) is 3. The van der Waals surface area contributed by atoms with Crippen molar-refractivity contribution in [3.8, 4) is 0 Å². The summed E-state index contributed by atoms with van der Waals surface area (Å²) in [6, 6.07) is 15.4. The maximum atomic E-state index is 12.8. The highest BCUT2D eigenvalue weighted by Gasteiger charge is 2.28. The number of halogens is 1. The summed E-state index contributed by atoms with van der Waals surface area (Å²) in [5.41, 5.74) is 4.53. The zero-order valence-corrected chi connectivity index (χ0v) is 15.9. The topological polar surface area (TPSA) is 79.2 Å². The van der Waals surface area contributed by atoms with Gasteiger partial charge in [0.05, 0.1) is 36.3 Å². The minimum absolute atomic E-state index is 0.0115. The standard InChI is InChI=1S/C20H17BrN4O2/c21-14-6-7-17-16(10-14)18(20(27)24-17)19(13-4-2-1-3-5-13)23-15-11-22-25(12-15)8-9-26/h1-7,10-12,23,26H,8-9H2,(H,24,27)/b19-18-. The van der Waals surface area contributed by atoms with Gasteiger partial charge in [0, 0.05) is 21.9 Å². The highest BCUT2D eigenvalue weighted by Crippen LogP contribution is 2.38. The van der Waals surface area contributed by atoms with Gasteiger partial charge in [-0.3, -0.25) is 9.48 Å². The minimum atomic E-state index is -0.155. The van der Waals surface area contributed by atoms with Gasteiger partial charge in [-0.25, -0.2) is 0 Å². The van der Waals surface area contributed by atoms with Gasteiger partial charge >= 0.3 is 0 Å². The molecule has 0 atom stereocenters. The van der Waals surface area contributed by atoms with Crippen LogP contribution in [-0.2, 0) is 11.3 Å². The van der Waals surface area contributed by atoms with Crippen molar-refractivity contribution in [3.05, 3.63) is 76.5 Å². The van der Waals surface area contributed by atoms with Gasteiger partial charge in [-0.2, -0.15) is 5.10 Å². The Labute approximate surface area is 164 Å². The number of rotatable bonds is 5. The predicted molar refractivity (Wildman–Crippen MR) is 109 cm³/mol. The first-order valence-electron chi connectivity index (χ1n) is 8.47. The van der Waals surface area contributed by atoms with Crippen molar-refractivity contribution in [2.75, 3.05) is 17.2 Å². The van der Waals surface area contributed by atoms with Crippen LogP contribution in [0.15, 0.2) is 65.4 Å². The fraction of sp³-hybridized carbons (Fsp3) is 0.100. The van der Waals surface area contributed by atoms with Crippen LogP contribution in [0, 0.1) is 0 Å². The van der Waals surface area contributed by atoms with Crippen molar-refractivity contribution in [2.24, 2.45) is 0 Å². The molecule has 27 heavy (non-hydrogen) atoms. The van der Waals surface area contributed by atoms with E-state index in [9.17, 15) is 4.79 Å². The van der Waals surface area contributed by atoms with Crippen LogP contribution in [0.4, 0.5) is 11.4 Å². The van der Waals surface area contributed by atoms with E-state index in [1.54, 1.807) is 17.1 Å². The molecule has 6 nitrogen and oxygen atoms in total. The Morgan fingerprint density at radius 3 is 2.81 bits per heavy atom. The van der Waals surface area contributed by atoms with Crippen molar-refractivity contribution in [1.82, 2.24) is 9.78 Å². The summed E-state index contributed by atoms with van der Waals surface area (Å²) in [7, 11) is 0. The third-order valence-electron chi connectivity index (χ3n) is 4.27. The summed E-state index contributed by atoms with van der Waals surface area (Å²) >= 11 is 3.49. The van der Waals surface area contributed by atoms with E-state index < -0.39 is 0 Å². The van der Waals surface area contributed by atoms with E-state index in [2.05, 4.69) is 31.7 Å². The van der Waals surface area contributed by atoms with E-state index in [-0.39, 0.29) is 12.5 Å². The van der Waals surface area contributed by atoms with Crippen molar-refractivity contribution >= 4 is 44.5 Å². The number of fused-ring (bicyclic) bond motifs is 1. The SMILES string of the molecule is O=C1Nc2ccc(Br)cc2/C1=C(/Nc1cnn(CCO)c1)c1ccccc1. The van der Waals surface area contributed by atoms with Crippen LogP contribution >= 0.6 is 15.9 Å². The normalized spacial score (nSPS) is 14.7. The van der Waals surface area contributed by atoms with E-state index in [0.717, 1.165) is 27.0 Å². The van der Waals surface area contributed by atoms with Gasteiger partial charge in [0.15, 0.2) is 0 Å². The molecule has 0 fully saturated rings. The molecular formula is C20H17BrN4O2. The van der Waals surface area contributed by atoms with Crippen LogP contribution in [0.1, 0.15) is 11.1 Å². The highest BCUT2D eigenvalue weighted by molar-refractivity contribution is 9.10. The molecule has 0 bridgehead atoms. The zero-order chi connectivity index (χ0) is 18.8. The Kier molecular flexibility index (Phi) is 4.79. The summed E-state index contributed by atoms with van der Waals surface area (Å²) in [6.07, 6.45) is 3.47. The average Bonchev–Trinajstić information content (AvgIpc) is 3.24. The van der Waals surface area contributed by atoms with Crippen molar-refractivity contribution in [3.63, 3.8) is 0 Å². The number of nitrogens with zero attached hydrogens (tertiary/aromatic N) is 2. The molecule has 0 radical (unpaired) electrons. The minimum Gasteiger partial charge on any atom is -0.394 e. The Bertz CT molecular complexity index is 1030. The number of amides is 1.